The number of rotatable bonds is 6. The van der Waals surface area contributed by atoms with E-state index in [2.05, 4.69) is 10.5 Å². The van der Waals surface area contributed by atoms with Crippen LogP contribution in [-0.4, -0.2) is 16.0 Å². The zero-order valence-electron chi connectivity index (χ0n) is 14.4. The van der Waals surface area contributed by atoms with E-state index in [1.165, 1.54) is 12.1 Å². The zero-order chi connectivity index (χ0) is 20.3. The first kappa shape index (κ1) is 19.7. The molecule has 1 aromatic heterocycles. The van der Waals surface area contributed by atoms with Gasteiger partial charge in [0, 0.05) is 17.2 Å². The summed E-state index contributed by atoms with van der Waals surface area (Å²) >= 11 is 11.9. The number of hydrogen-bond acceptors (Lipinski definition) is 6. The van der Waals surface area contributed by atoms with Crippen molar-refractivity contribution in [2.24, 2.45) is 0 Å². The number of nitro groups is 1. The van der Waals surface area contributed by atoms with Gasteiger partial charge in [0.2, 0.25) is 0 Å². The van der Waals surface area contributed by atoms with Crippen LogP contribution in [0.5, 0.6) is 5.75 Å². The van der Waals surface area contributed by atoms with Crippen LogP contribution in [0.4, 0.5) is 11.4 Å². The summed E-state index contributed by atoms with van der Waals surface area (Å²) in [7, 11) is 0. The third kappa shape index (κ3) is 4.41. The molecule has 2 aromatic carbocycles. The standard InChI is InChI=1S/C18H13Cl2N3O5/c1-10-14(9-27-13-5-2-11(19)3-6-13)17(22-28-10)18(24)21-16-8-12(23(25)26)4-7-15(16)20/h2-8H,9H2,1H3,(H,21,24). The summed E-state index contributed by atoms with van der Waals surface area (Å²) in [5, 5.41) is 17.9. The highest BCUT2D eigenvalue weighted by Crippen LogP contribution is 2.28. The van der Waals surface area contributed by atoms with E-state index in [1.807, 2.05) is 0 Å². The Labute approximate surface area is 169 Å². The van der Waals surface area contributed by atoms with Crippen molar-refractivity contribution in [1.82, 2.24) is 5.16 Å². The van der Waals surface area contributed by atoms with Gasteiger partial charge < -0.3 is 14.6 Å². The summed E-state index contributed by atoms with van der Waals surface area (Å²) in [5.41, 5.74) is 0.316. The predicted octanol–water partition coefficient (Wildman–Crippen LogP) is 5.03. The minimum absolute atomic E-state index is 0.00552. The quantitative estimate of drug-likeness (QED) is 0.441. The number of nitrogens with zero attached hydrogens (tertiary/aromatic N) is 2. The number of nitro benzene ring substituents is 1. The number of aromatic nitrogens is 1. The fraction of sp³-hybridized carbons (Fsp3) is 0.111. The van der Waals surface area contributed by atoms with Crippen molar-refractivity contribution in [2.75, 3.05) is 5.32 Å². The van der Waals surface area contributed by atoms with E-state index in [0.717, 1.165) is 6.07 Å². The van der Waals surface area contributed by atoms with E-state index in [1.54, 1.807) is 31.2 Å². The molecule has 0 radical (unpaired) electrons. The molecule has 1 N–H and O–H groups in total. The smallest absolute Gasteiger partial charge is 0.278 e. The van der Waals surface area contributed by atoms with Crippen LogP contribution in [0.15, 0.2) is 47.0 Å². The number of benzene rings is 2. The Balaban J connectivity index is 1.79. The van der Waals surface area contributed by atoms with Crippen LogP contribution in [0.2, 0.25) is 10.0 Å². The van der Waals surface area contributed by atoms with Gasteiger partial charge in [0.1, 0.15) is 18.1 Å². The molecule has 3 aromatic rings. The van der Waals surface area contributed by atoms with Crippen molar-refractivity contribution >= 4 is 40.5 Å². The van der Waals surface area contributed by atoms with Gasteiger partial charge >= 0.3 is 0 Å². The van der Waals surface area contributed by atoms with E-state index in [4.69, 9.17) is 32.5 Å². The van der Waals surface area contributed by atoms with Crippen molar-refractivity contribution in [2.45, 2.75) is 13.5 Å². The molecule has 8 nitrogen and oxygen atoms in total. The number of ether oxygens (including phenoxy) is 1. The number of amides is 1. The lowest BCUT2D eigenvalue weighted by atomic mass is 10.2. The SMILES string of the molecule is Cc1onc(C(=O)Nc2cc([N+](=O)[O-])ccc2Cl)c1COc1ccc(Cl)cc1. The van der Waals surface area contributed by atoms with Crippen molar-refractivity contribution in [3.8, 4) is 5.75 Å². The molecule has 0 fully saturated rings. The molecule has 28 heavy (non-hydrogen) atoms. The van der Waals surface area contributed by atoms with Gasteiger partial charge in [-0.2, -0.15) is 0 Å². The Morgan fingerprint density at radius 3 is 2.64 bits per heavy atom. The second-order valence-electron chi connectivity index (χ2n) is 5.68. The summed E-state index contributed by atoms with van der Waals surface area (Å²) in [5.74, 6) is 0.330. The lowest BCUT2D eigenvalue weighted by Crippen LogP contribution is -2.16. The molecule has 1 amide bonds. The molecule has 0 spiro atoms. The fourth-order valence-electron chi connectivity index (χ4n) is 2.33. The Morgan fingerprint density at radius 1 is 1.25 bits per heavy atom. The molecule has 0 aliphatic rings. The van der Waals surface area contributed by atoms with E-state index in [0.29, 0.717) is 22.1 Å². The molecular weight excluding hydrogens is 409 g/mol. The normalized spacial score (nSPS) is 10.5. The molecule has 3 rings (SSSR count). The fourth-order valence-corrected chi connectivity index (χ4v) is 2.62. The number of halogens is 2. The summed E-state index contributed by atoms with van der Waals surface area (Å²) in [4.78, 5) is 22.9. The van der Waals surface area contributed by atoms with Crippen molar-refractivity contribution < 1.29 is 19.0 Å². The first-order valence-corrected chi connectivity index (χ1v) is 8.69. The average Bonchev–Trinajstić information content (AvgIpc) is 3.03. The monoisotopic (exact) mass is 421 g/mol. The first-order chi connectivity index (χ1) is 13.3. The highest BCUT2D eigenvalue weighted by atomic mass is 35.5. The van der Waals surface area contributed by atoms with Crippen LogP contribution < -0.4 is 10.1 Å². The largest absolute Gasteiger partial charge is 0.489 e. The summed E-state index contributed by atoms with van der Waals surface area (Å²) < 4.78 is 10.7. The highest BCUT2D eigenvalue weighted by molar-refractivity contribution is 6.34. The minimum atomic E-state index is -0.631. The van der Waals surface area contributed by atoms with E-state index < -0.39 is 10.8 Å². The van der Waals surface area contributed by atoms with Crippen LogP contribution >= 0.6 is 23.2 Å². The van der Waals surface area contributed by atoms with Crippen LogP contribution in [0.3, 0.4) is 0 Å². The zero-order valence-corrected chi connectivity index (χ0v) is 16.0. The maximum Gasteiger partial charge on any atom is 0.278 e. The molecule has 0 aliphatic heterocycles. The molecule has 10 heteroatoms. The van der Waals surface area contributed by atoms with Gasteiger partial charge in [0.05, 0.1) is 21.2 Å². The maximum absolute atomic E-state index is 12.6. The molecular formula is C18H13Cl2N3O5. The number of carbonyl (C=O) groups excluding carboxylic acids is 1. The predicted molar refractivity (Wildman–Crippen MR) is 103 cm³/mol. The number of carbonyl (C=O) groups is 1. The second kappa shape index (κ2) is 8.28. The van der Waals surface area contributed by atoms with Crippen molar-refractivity contribution in [3.05, 3.63) is 79.6 Å². The topological polar surface area (TPSA) is 108 Å². The van der Waals surface area contributed by atoms with Crippen molar-refractivity contribution in [1.29, 1.82) is 0 Å². The number of non-ortho nitro benzene ring substituents is 1. The average molecular weight is 422 g/mol. The van der Waals surface area contributed by atoms with Gasteiger partial charge in [0.25, 0.3) is 11.6 Å². The van der Waals surface area contributed by atoms with Gasteiger partial charge in [0.15, 0.2) is 5.69 Å². The molecule has 0 bridgehead atoms. The van der Waals surface area contributed by atoms with Crippen LogP contribution in [0.25, 0.3) is 0 Å². The van der Waals surface area contributed by atoms with Crippen LogP contribution in [0, 0.1) is 17.0 Å². The number of aryl methyl sites for hydroxylation is 1. The van der Waals surface area contributed by atoms with E-state index in [9.17, 15) is 14.9 Å². The van der Waals surface area contributed by atoms with E-state index in [-0.39, 0.29) is 28.7 Å². The second-order valence-corrected chi connectivity index (χ2v) is 6.53. The molecule has 0 saturated heterocycles. The number of hydrogen-bond donors (Lipinski definition) is 1. The number of nitrogens with one attached hydrogen (secondary N) is 1. The summed E-state index contributed by atoms with van der Waals surface area (Å²) in [6.07, 6.45) is 0. The Bertz CT molecular complexity index is 1030. The van der Waals surface area contributed by atoms with Crippen molar-refractivity contribution in [3.63, 3.8) is 0 Å². The maximum atomic E-state index is 12.6. The highest BCUT2D eigenvalue weighted by Gasteiger charge is 2.22. The molecule has 0 atom stereocenters. The van der Waals surface area contributed by atoms with E-state index >= 15 is 0 Å². The summed E-state index contributed by atoms with van der Waals surface area (Å²) in [6, 6.07) is 10.5. The molecule has 0 unspecified atom stereocenters. The number of anilines is 1. The van der Waals surface area contributed by atoms with Gasteiger partial charge in [-0.25, -0.2) is 0 Å². The van der Waals surface area contributed by atoms with Gasteiger partial charge in [-0.1, -0.05) is 28.4 Å². The van der Waals surface area contributed by atoms with Gasteiger partial charge in [-0.3, -0.25) is 14.9 Å². The van der Waals surface area contributed by atoms with Crippen LogP contribution in [0.1, 0.15) is 21.8 Å². The Morgan fingerprint density at radius 2 is 1.96 bits per heavy atom. The Hall–Kier alpha value is -3.10. The molecule has 0 saturated carbocycles. The Kier molecular flexibility index (Phi) is 5.81. The summed E-state index contributed by atoms with van der Waals surface area (Å²) in [6.45, 7) is 1.67. The molecule has 144 valence electrons. The molecule has 0 aliphatic carbocycles. The van der Waals surface area contributed by atoms with Gasteiger partial charge in [-0.05, 0) is 37.3 Å². The third-order valence-electron chi connectivity index (χ3n) is 3.81. The van der Waals surface area contributed by atoms with Gasteiger partial charge in [-0.15, -0.1) is 0 Å². The minimum Gasteiger partial charge on any atom is -0.489 e. The van der Waals surface area contributed by atoms with Crippen LogP contribution in [-0.2, 0) is 6.61 Å². The molecule has 1 heterocycles. The third-order valence-corrected chi connectivity index (χ3v) is 4.39. The first-order valence-electron chi connectivity index (χ1n) is 7.94. The lowest BCUT2D eigenvalue weighted by molar-refractivity contribution is -0.384. The lowest BCUT2D eigenvalue weighted by Gasteiger charge is -2.08.